The summed E-state index contributed by atoms with van der Waals surface area (Å²) < 4.78 is 43.0. The van der Waals surface area contributed by atoms with Gasteiger partial charge in [-0.25, -0.2) is 9.97 Å². The van der Waals surface area contributed by atoms with Crippen molar-refractivity contribution in [2.45, 2.75) is 31.0 Å². The van der Waals surface area contributed by atoms with Crippen molar-refractivity contribution < 1.29 is 17.9 Å². The van der Waals surface area contributed by atoms with Crippen molar-refractivity contribution in [3.05, 3.63) is 11.9 Å². The maximum atomic E-state index is 12.5. The van der Waals surface area contributed by atoms with Gasteiger partial charge in [-0.1, -0.05) is 0 Å². The van der Waals surface area contributed by atoms with Crippen LogP contribution in [0, 0.1) is 0 Å². The number of anilines is 2. The predicted molar refractivity (Wildman–Crippen MR) is 63.5 cm³/mol. The van der Waals surface area contributed by atoms with Crippen LogP contribution in [-0.2, 0) is 10.9 Å². The van der Waals surface area contributed by atoms with E-state index < -0.39 is 12.0 Å². The number of halogens is 3. The molecule has 1 aliphatic rings. The summed E-state index contributed by atoms with van der Waals surface area (Å²) in [5, 5.41) is 2.84. The number of nitrogens with one attached hydrogen (secondary N) is 1. The van der Waals surface area contributed by atoms with E-state index in [9.17, 15) is 13.2 Å². The first-order valence-corrected chi connectivity index (χ1v) is 5.85. The molecule has 0 amide bonds. The van der Waals surface area contributed by atoms with Gasteiger partial charge in [-0.2, -0.15) is 13.2 Å². The Morgan fingerprint density at radius 3 is 2.58 bits per heavy atom. The highest BCUT2D eigenvalue weighted by atomic mass is 19.4. The third-order valence-corrected chi connectivity index (χ3v) is 3.29. The molecular formula is C11H15F3N4O. The van der Waals surface area contributed by atoms with Crippen LogP contribution < -0.4 is 11.1 Å². The van der Waals surface area contributed by atoms with Crippen LogP contribution >= 0.6 is 0 Å². The summed E-state index contributed by atoms with van der Waals surface area (Å²) in [6.45, 7) is 0.400. The normalized spacial score (nSPS) is 17.9. The SMILES string of the molecule is COC1(CNc2cc(N)nc(C(F)(F)F)n2)CCC1. The minimum atomic E-state index is -4.61. The predicted octanol–water partition coefficient (Wildman–Crippen LogP) is 2.06. The maximum absolute atomic E-state index is 12.5. The fourth-order valence-corrected chi connectivity index (χ4v) is 1.96. The number of ether oxygens (including phenoxy) is 1. The Hall–Kier alpha value is -1.57. The second kappa shape index (κ2) is 4.84. The molecule has 19 heavy (non-hydrogen) atoms. The molecule has 2 rings (SSSR count). The van der Waals surface area contributed by atoms with Crippen LogP contribution in [0.15, 0.2) is 6.07 Å². The summed E-state index contributed by atoms with van der Waals surface area (Å²) in [6.07, 6.45) is -1.80. The second-order valence-corrected chi connectivity index (χ2v) is 4.59. The fraction of sp³-hybridized carbons (Fsp3) is 0.636. The van der Waals surface area contributed by atoms with Crippen LogP contribution in [0.4, 0.5) is 24.8 Å². The van der Waals surface area contributed by atoms with Crippen molar-refractivity contribution in [2.75, 3.05) is 24.7 Å². The third-order valence-electron chi connectivity index (χ3n) is 3.29. The Kier molecular flexibility index (Phi) is 3.53. The monoisotopic (exact) mass is 276 g/mol. The van der Waals surface area contributed by atoms with E-state index in [0.29, 0.717) is 6.54 Å². The highest BCUT2D eigenvalue weighted by molar-refractivity contribution is 5.45. The fourth-order valence-electron chi connectivity index (χ4n) is 1.96. The summed E-state index contributed by atoms with van der Waals surface area (Å²) >= 11 is 0. The van der Waals surface area contributed by atoms with Crippen molar-refractivity contribution in [2.24, 2.45) is 0 Å². The molecule has 1 heterocycles. The average Bonchev–Trinajstić information content (AvgIpc) is 2.26. The van der Waals surface area contributed by atoms with Crippen LogP contribution in [0.25, 0.3) is 0 Å². The van der Waals surface area contributed by atoms with Crippen molar-refractivity contribution in [1.29, 1.82) is 0 Å². The number of hydrogen-bond acceptors (Lipinski definition) is 5. The van der Waals surface area contributed by atoms with Gasteiger partial charge in [0.05, 0.1) is 5.60 Å². The summed E-state index contributed by atoms with van der Waals surface area (Å²) in [5.74, 6) is -1.40. The molecule has 1 fully saturated rings. The maximum Gasteiger partial charge on any atom is 0.451 e. The molecule has 0 spiro atoms. The standard InChI is InChI=1S/C11H15F3N4O/c1-19-10(3-2-4-10)6-16-8-5-7(15)17-9(18-8)11(12,13)14/h5H,2-4,6H2,1H3,(H3,15,16,17,18). The highest BCUT2D eigenvalue weighted by Gasteiger charge is 2.38. The first-order chi connectivity index (χ1) is 8.85. The van der Waals surface area contributed by atoms with Crippen LogP contribution in [-0.4, -0.2) is 29.2 Å². The molecule has 0 aliphatic heterocycles. The molecule has 0 saturated heterocycles. The van der Waals surface area contributed by atoms with Crippen molar-refractivity contribution in [1.82, 2.24) is 9.97 Å². The summed E-state index contributed by atoms with van der Waals surface area (Å²) in [4.78, 5) is 6.59. The van der Waals surface area contributed by atoms with Crippen LogP contribution in [0.3, 0.4) is 0 Å². The molecule has 0 unspecified atom stereocenters. The van der Waals surface area contributed by atoms with Crippen molar-refractivity contribution in [3.63, 3.8) is 0 Å². The molecule has 0 radical (unpaired) electrons. The van der Waals surface area contributed by atoms with Crippen molar-refractivity contribution in [3.8, 4) is 0 Å². The molecule has 1 saturated carbocycles. The number of rotatable bonds is 4. The molecule has 8 heteroatoms. The first kappa shape index (κ1) is 13.9. The van der Waals surface area contributed by atoms with Crippen LogP contribution in [0.2, 0.25) is 0 Å². The second-order valence-electron chi connectivity index (χ2n) is 4.59. The van der Waals surface area contributed by atoms with Gasteiger partial charge in [0.2, 0.25) is 5.82 Å². The Morgan fingerprint density at radius 2 is 2.11 bits per heavy atom. The lowest BCUT2D eigenvalue weighted by Gasteiger charge is -2.40. The number of aromatic nitrogens is 2. The number of nitrogens with zero attached hydrogens (tertiary/aromatic N) is 2. The Morgan fingerprint density at radius 1 is 1.42 bits per heavy atom. The summed E-state index contributed by atoms with van der Waals surface area (Å²) in [5.41, 5.74) is 5.04. The highest BCUT2D eigenvalue weighted by Crippen LogP contribution is 2.35. The number of hydrogen-bond donors (Lipinski definition) is 2. The van der Waals surface area contributed by atoms with Gasteiger partial charge in [0.25, 0.3) is 0 Å². The van der Waals surface area contributed by atoms with Gasteiger partial charge in [-0.15, -0.1) is 0 Å². The molecule has 0 atom stereocenters. The van der Waals surface area contributed by atoms with E-state index in [0.717, 1.165) is 19.3 Å². The molecular weight excluding hydrogens is 261 g/mol. The topological polar surface area (TPSA) is 73.1 Å². The van der Waals surface area contributed by atoms with Gasteiger partial charge in [-0.05, 0) is 19.3 Å². The summed E-state index contributed by atoms with van der Waals surface area (Å²) in [6, 6.07) is 1.28. The molecule has 3 N–H and O–H groups in total. The average molecular weight is 276 g/mol. The molecule has 1 aromatic heterocycles. The minimum Gasteiger partial charge on any atom is -0.384 e. The minimum absolute atomic E-state index is 0.0585. The largest absolute Gasteiger partial charge is 0.451 e. The zero-order valence-electron chi connectivity index (χ0n) is 10.4. The Bertz CT molecular complexity index is 454. The van der Waals surface area contributed by atoms with Gasteiger partial charge in [0.15, 0.2) is 0 Å². The smallest absolute Gasteiger partial charge is 0.384 e. The van der Waals surface area contributed by atoms with Gasteiger partial charge in [0.1, 0.15) is 11.6 Å². The van der Waals surface area contributed by atoms with Crippen molar-refractivity contribution >= 4 is 11.6 Å². The van der Waals surface area contributed by atoms with E-state index in [-0.39, 0.29) is 17.2 Å². The van der Waals surface area contributed by atoms with E-state index in [4.69, 9.17) is 10.5 Å². The van der Waals surface area contributed by atoms with Crippen LogP contribution in [0.5, 0.6) is 0 Å². The van der Waals surface area contributed by atoms with Crippen LogP contribution in [0.1, 0.15) is 25.1 Å². The van der Waals surface area contributed by atoms with E-state index in [1.807, 2.05) is 0 Å². The number of methoxy groups -OCH3 is 1. The quantitative estimate of drug-likeness (QED) is 0.880. The Labute approximate surface area is 108 Å². The number of nitrogens with two attached hydrogens (primary N) is 1. The van der Waals surface area contributed by atoms with Gasteiger partial charge >= 0.3 is 6.18 Å². The van der Waals surface area contributed by atoms with E-state index in [1.54, 1.807) is 7.11 Å². The third kappa shape index (κ3) is 3.06. The van der Waals surface area contributed by atoms with Gasteiger partial charge < -0.3 is 15.8 Å². The number of alkyl halides is 3. The molecule has 0 aromatic carbocycles. The molecule has 0 bridgehead atoms. The number of nitrogen functional groups attached to an aromatic ring is 1. The first-order valence-electron chi connectivity index (χ1n) is 5.85. The lowest BCUT2D eigenvalue weighted by molar-refractivity contribution is -0.144. The lowest BCUT2D eigenvalue weighted by atomic mass is 9.80. The van der Waals surface area contributed by atoms with E-state index in [1.165, 1.54) is 6.07 Å². The molecule has 1 aliphatic carbocycles. The molecule has 1 aromatic rings. The molecule has 106 valence electrons. The Balaban J connectivity index is 2.10. The molecule has 5 nitrogen and oxygen atoms in total. The van der Waals surface area contributed by atoms with Gasteiger partial charge in [-0.3, -0.25) is 0 Å². The zero-order chi connectivity index (χ0) is 14.1. The van der Waals surface area contributed by atoms with E-state index in [2.05, 4.69) is 15.3 Å². The summed E-state index contributed by atoms with van der Waals surface area (Å²) in [7, 11) is 1.59. The van der Waals surface area contributed by atoms with Gasteiger partial charge in [0, 0.05) is 19.7 Å². The van der Waals surface area contributed by atoms with E-state index >= 15 is 0 Å². The lowest BCUT2D eigenvalue weighted by Crippen LogP contribution is -2.45. The zero-order valence-corrected chi connectivity index (χ0v) is 10.4.